The van der Waals surface area contributed by atoms with Gasteiger partial charge in [0, 0.05) is 17.3 Å². The van der Waals surface area contributed by atoms with Gasteiger partial charge < -0.3 is 5.32 Å². The van der Waals surface area contributed by atoms with Crippen molar-refractivity contribution in [1.29, 1.82) is 5.26 Å². The molecule has 1 saturated heterocycles. The molecule has 1 fully saturated rings. The van der Waals surface area contributed by atoms with E-state index in [9.17, 15) is 17.6 Å². The summed E-state index contributed by atoms with van der Waals surface area (Å²) >= 11 is 6.96. The lowest BCUT2D eigenvalue weighted by Crippen LogP contribution is -2.57. The number of anilines is 1. The van der Waals surface area contributed by atoms with Crippen LogP contribution in [0.1, 0.15) is 17.5 Å². The maximum atomic E-state index is 13.3. The van der Waals surface area contributed by atoms with Crippen LogP contribution < -0.4 is 10.0 Å². The van der Waals surface area contributed by atoms with Crippen molar-refractivity contribution in [2.45, 2.75) is 18.5 Å². The molecule has 1 aliphatic rings. The molecular formula is C15H13ClFN5O3S2. The number of carbonyl (C=O) groups excluding carboxylic acids is 1. The average Bonchev–Trinajstić information content (AvgIpc) is 3.14. The van der Waals surface area contributed by atoms with Crippen LogP contribution in [0, 0.1) is 17.1 Å². The van der Waals surface area contributed by atoms with Crippen LogP contribution in [0.4, 0.5) is 10.1 Å². The molecule has 1 aliphatic heterocycles. The van der Waals surface area contributed by atoms with Crippen LogP contribution in [-0.4, -0.2) is 36.2 Å². The number of rotatable bonds is 4. The fraction of sp³-hybridized carbons (Fsp3) is 0.267. The molecule has 2 heterocycles. The summed E-state index contributed by atoms with van der Waals surface area (Å²) in [6, 6.07) is 3.52. The van der Waals surface area contributed by atoms with E-state index in [1.54, 1.807) is 11.4 Å². The van der Waals surface area contributed by atoms with E-state index in [0.29, 0.717) is 5.01 Å². The molecule has 1 amide bonds. The molecule has 142 valence electrons. The first kappa shape index (κ1) is 19.7. The second kappa shape index (κ2) is 7.87. The first-order valence-corrected chi connectivity index (χ1v) is 10.3. The van der Waals surface area contributed by atoms with Gasteiger partial charge in [0.25, 0.3) is 10.2 Å². The minimum Gasteiger partial charge on any atom is -0.325 e. The summed E-state index contributed by atoms with van der Waals surface area (Å²) in [6.45, 7) is -0.498. The number of halogens is 2. The van der Waals surface area contributed by atoms with E-state index in [0.717, 1.165) is 10.4 Å². The molecule has 1 aromatic carbocycles. The van der Waals surface area contributed by atoms with E-state index in [1.165, 1.54) is 29.7 Å². The molecule has 0 spiro atoms. The highest BCUT2D eigenvalue weighted by atomic mass is 35.5. The Kier molecular flexibility index (Phi) is 5.73. The van der Waals surface area contributed by atoms with E-state index < -0.39 is 40.6 Å². The lowest BCUT2D eigenvalue weighted by molar-refractivity contribution is -0.120. The van der Waals surface area contributed by atoms with Gasteiger partial charge >= 0.3 is 0 Å². The van der Waals surface area contributed by atoms with E-state index in [4.69, 9.17) is 16.9 Å². The maximum absolute atomic E-state index is 13.3. The Morgan fingerprint density at radius 3 is 2.96 bits per heavy atom. The number of hydrogen-bond donors (Lipinski definition) is 2. The normalized spacial score (nSPS) is 22.1. The molecule has 0 radical (unpaired) electrons. The van der Waals surface area contributed by atoms with Gasteiger partial charge in [-0.2, -0.15) is 22.7 Å². The monoisotopic (exact) mass is 429 g/mol. The van der Waals surface area contributed by atoms with Crippen molar-refractivity contribution in [3.8, 4) is 6.07 Å². The molecule has 2 aromatic rings. The predicted octanol–water partition coefficient (Wildman–Crippen LogP) is 2.05. The van der Waals surface area contributed by atoms with Gasteiger partial charge in [0.05, 0.1) is 17.1 Å². The third-order valence-corrected chi connectivity index (χ3v) is 6.63. The Hall–Kier alpha value is -2.10. The van der Waals surface area contributed by atoms with E-state index in [-0.39, 0.29) is 17.1 Å². The quantitative estimate of drug-likeness (QED) is 0.721. The standard InChI is InChI=1S/C15H13ClFN5O3S2/c16-10-7-9(1-2-11(10)17)20-14(23)13-8-12(15-19-4-6-26-15)21-27(24,25)22(13)5-3-18/h1-2,4,6-7,12-13,21H,5,8H2,(H,20,23)/t12-,13+/m0/s1. The smallest absolute Gasteiger partial charge is 0.281 e. The summed E-state index contributed by atoms with van der Waals surface area (Å²) in [4.78, 5) is 16.8. The fourth-order valence-corrected chi connectivity index (χ4v) is 5.07. The van der Waals surface area contributed by atoms with Gasteiger partial charge in [-0.25, -0.2) is 9.37 Å². The molecule has 0 bridgehead atoms. The van der Waals surface area contributed by atoms with Crippen molar-refractivity contribution in [3.05, 3.63) is 45.6 Å². The summed E-state index contributed by atoms with van der Waals surface area (Å²) in [5.41, 5.74) is 0.213. The fourth-order valence-electron chi connectivity index (χ4n) is 2.66. The number of thiazole rings is 1. The Bertz CT molecular complexity index is 993. The predicted molar refractivity (Wildman–Crippen MR) is 97.7 cm³/mol. The van der Waals surface area contributed by atoms with Crippen molar-refractivity contribution in [2.75, 3.05) is 11.9 Å². The Labute approximate surface area is 163 Å². The van der Waals surface area contributed by atoms with E-state index >= 15 is 0 Å². The Morgan fingerprint density at radius 2 is 2.33 bits per heavy atom. The van der Waals surface area contributed by atoms with Crippen LogP contribution in [0.2, 0.25) is 5.02 Å². The first-order valence-electron chi connectivity index (χ1n) is 7.63. The minimum atomic E-state index is -4.08. The van der Waals surface area contributed by atoms with E-state index in [2.05, 4.69) is 15.0 Å². The van der Waals surface area contributed by atoms with Crippen molar-refractivity contribution in [3.63, 3.8) is 0 Å². The molecule has 12 heteroatoms. The topological polar surface area (TPSA) is 115 Å². The van der Waals surface area contributed by atoms with Gasteiger partial charge in [-0.3, -0.25) is 4.79 Å². The summed E-state index contributed by atoms with van der Waals surface area (Å²) in [5, 5.41) is 13.5. The summed E-state index contributed by atoms with van der Waals surface area (Å²) in [6.07, 6.45) is 1.61. The molecule has 2 atom stereocenters. The van der Waals surface area contributed by atoms with Crippen LogP contribution >= 0.6 is 22.9 Å². The molecule has 8 nitrogen and oxygen atoms in total. The Morgan fingerprint density at radius 1 is 1.56 bits per heavy atom. The zero-order valence-electron chi connectivity index (χ0n) is 13.6. The van der Waals surface area contributed by atoms with Crippen LogP contribution in [0.3, 0.4) is 0 Å². The highest BCUT2D eigenvalue weighted by molar-refractivity contribution is 7.87. The van der Waals surface area contributed by atoms with Crippen molar-refractivity contribution < 1.29 is 17.6 Å². The van der Waals surface area contributed by atoms with Crippen molar-refractivity contribution in [1.82, 2.24) is 14.0 Å². The highest BCUT2D eigenvalue weighted by Gasteiger charge is 2.43. The largest absolute Gasteiger partial charge is 0.325 e. The van der Waals surface area contributed by atoms with Gasteiger partial charge in [0.1, 0.15) is 23.4 Å². The lowest BCUT2D eigenvalue weighted by atomic mass is 10.1. The summed E-state index contributed by atoms with van der Waals surface area (Å²) in [7, 11) is -4.08. The van der Waals surface area contributed by atoms with Gasteiger partial charge in [0.15, 0.2) is 0 Å². The molecular weight excluding hydrogens is 417 g/mol. The number of nitrogens with zero attached hydrogens (tertiary/aromatic N) is 3. The zero-order chi connectivity index (χ0) is 19.6. The third-order valence-electron chi connectivity index (χ3n) is 3.87. The van der Waals surface area contributed by atoms with Gasteiger partial charge in [-0.15, -0.1) is 11.3 Å². The first-order chi connectivity index (χ1) is 12.8. The van der Waals surface area contributed by atoms with Crippen LogP contribution in [0.5, 0.6) is 0 Å². The number of carbonyl (C=O) groups is 1. The second-order valence-corrected chi connectivity index (χ2v) is 8.61. The number of amides is 1. The summed E-state index contributed by atoms with van der Waals surface area (Å²) < 4.78 is 41.6. The molecule has 0 unspecified atom stereocenters. The number of hydrogen-bond acceptors (Lipinski definition) is 6. The minimum absolute atomic E-state index is 0.0786. The third kappa shape index (κ3) is 4.26. The summed E-state index contributed by atoms with van der Waals surface area (Å²) in [5.74, 6) is -1.30. The second-order valence-electron chi connectivity index (χ2n) is 5.62. The van der Waals surface area contributed by atoms with Crippen LogP contribution in [-0.2, 0) is 15.0 Å². The van der Waals surface area contributed by atoms with Crippen molar-refractivity contribution >= 4 is 44.7 Å². The number of nitriles is 1. The molecule has 0 saturated carbocycles. The maximum Gasteiger partial charge on any atom is 0.281 e. The van der Waals surface area contributed by atoms with Gasteiger partial charge in [0.2, 0.25) is 5.91 Å². The number of aromatic nitrogens is 1. The average molecular weight is 430 g/mol. The van der Waals surface area contributed by atoms with Gasteiger partial charge in [-0.05, 0) is 24.6 Å². The van der Waals surface area contributed by atoms with Crippen molar-refractivity contribution in [2.24, 2.45) is 0 Å². The number of benzene rings is 1. The molecule has 3 rings (SSSR count). The van der Waals surface area contributed by atoms with Gasteiger partial charge in [-0.1, -0.05) is 11.6 Å². The molecule has 27 heavy (non-hydrogen) atoms. The number of nitrogens with one attached hydrogen (secondary N) is 2. The van der Waals surface area contributed by atoms with Crippen LogP contribution in [0.15, 0.2) is 29.8 Å². The molecule has 1 aromatic heterocycles. The highest BCUT2D eigenvalue weighted by Crippen LogP contribution is 2.30. The SMILES string of the molecule is N#CCN1[C@@H](C(=O)Nc2ccc(F)c(Cl)c2)C[C@@H](c2nccs2)NS1(=O)=O. The molecule has 2 N–H and O–H groups in total. The van der Waals surface area contributed by atoms with E-state index in [1.807, 2.05) is 0 Å². The Balaban J connectivity index is 1.89. The zero-order valence-corrected chi connectivity index (χ0v) is 16.0. The molecule has 0 aliphatic carbocycles. The lowest BCUT2D eigenvalue weighted by Gasteiger charge is -2.36. The van der Waals surface area contributed by atoms with Crippen LogP contribution in [0.25, 0.3) is 0 Å².